The van der Waals surface area contributed by atoms with Crippen molar-refractivity contribution in [2.75, 3.05) is 25.1 Å². The van der Waals surface area contributed by atoms with E-state index in [4.69, 9.17) is 14.2 Å². The van der Waals surface area contributed by atoms with E-state index >= 15 is 0 Å². The fourth-order valence-electron chi connectivity index (χ4n) is 3.08. The average molecular weight is 454 g/mol. The first-order valence-electron chi connectivity index (χ1n) is 10.4. The Hall–Kier alpha value is -3.32. The van der Waals surface area contributed by atoms with Crippen molar-refractivity contribution < 1.29 is 23.8 Å². The Balaban J connectivity index is 1.78. The van der Waals surface area contributed by atoms with Gasteiger partial charge in [-0.3, -0.25) is 4.79 Å². The number of carbonyl (C=O) groups is 2. The van der Waals surface area contributed by atoms with Crippen molar-refractivity contribution in [2.45, 2.75) is 27.7 Å². The molecule has 7 heteroatoms. The zero-order valence-electron chi connectivity index (χ0n) is 18.7. The normalized spacial score (nSPS) is 10.5. The summed E-state index contributed by atoms with van der Waals surface area (Å²) in [5.74, 6) is 0.535. The van der Waals surface area contributed by atoms with Gasteiger partial charge in [0.1, 0.15) is 22.1 Å². The molecule has 0 spiro atoms. The van der Waals surface area contributed by atoms with Gasteiger partial charge in [0.05, 0.1) is 13.2 Å². The number of benzene rings is 2. The monoisotopic (exact) mass is 453 g/mol. The molecule has 1 aromatic heterocycles. The number of hydrogen-bond acceptors (Lipinski definition) is 6. The van der Waals surface area contributed by atoms with Crippen molar-refractivity contribution in [1.29, 1.82) is 0 Å². The summed E-state index contributed by atoms with van der Waals surface area (Å²) in [6.07, 6.45) is 0. The number of hydrogen-bond donors (Lipinski definition) is 1. The van der Waals surface area contributed by atoms with Gasteiger partial charge in [0.15, 0.2) is 6.61 Å². The molecule has 0 unspecified atom stereocenters. The first-order chi connectivity index (χ1) is 15.4. The van der Waals surface area contributed by atoms with E-state index in [1.807, 2.05) is 68.6 Å². The topological polar surface area (TPSA) is 73.9 Å². The number of rotatable bonds is 9. The minimum Gasteiger partial charge on any atom is -0.494 e. The summed E-state index contributed by atoms with van der Waals surface area (Å²) in [6, 6.07) is 13.1. The number of thiophene rings is 1. The van der Waals surface area contributed by atoms with E-state index in [1.54, 1.807) is 6.92 Å². The average Bonchev–Trinajstić information content (AvgIpc) is 3.19. The van der Waals surface area contributed by atoms with E-state index < -0.39 is 5.97 Å². The molecule has 0 saturated heterocycles. The van der Waals surface area contributed by atoms with Gasteiger partial charge in [0.2, 0.25) is 0 Å². The van der Waals surface area contributed by atoms with Crippen LogP contribution < -0.4 is 14.8 Å². The quantitative estimate of drug-likeness (QED) is 0.425. The standard InChI is InChI=1S/C25H27NO5S/c1-5-29-19-11-8-18(9-12-19)21-15-32-24(23(21)25(28)30-6-2)26-22(27)14-31-20-10-7-16(3)17(4)13-20/h7-13,15H,5-6,14H2,1-4H3,(H,26,27). The third-order valence-electron chi connectivity index (χ3n) is 4.85. The Morgan fingerprint density at radius 2 is 1.62 bits per heavy atom. The van der Waals surface area contributed by atoms with Gasteiger partial charge in [-0.25, -0.2) is 4.79 Å². The Kier molecular flexibility index (Phi) is 7.89. The molecule has 3 rings (SSSR count). The van der Waals surface area contributed by atoms with E-state index in [0.717, 1.165) is 22.4 Å². The molecular formula is C25H27NO5S. The highest BCUT2D eigenvalue weighted by Gasteiger charge is 2.23. The van der Waals surface area contributed by atoms with E-state index in [9.17, 15) is 9.59 Å². The molecule has 2 aromatic carbocycles. The van der Waals surface area contributed by atoms with Crippen LogP contribution in [0.25, 0.3) is 11.1 Å². The first kappa shape index (κ1) is 23.3. The Labute approximate surface area is 192 Å². The van der Waals surface area contributed by atoms with Crippen molar-refractivity contribution in [3.05, 3.63) is 64.5 Å². The largest absolute Gasteiger partial charge is 0.494 e. The second-order valence-corrected chi connectivity index (χ2v) is 7.99. The van der Waals surface area contributed by atoms with Crippen LogP contribution in [-0.2, 0) is 9.53 Å². The van der Waals surface area contributed by atoms with E-state index in [-0.39, 0.29) is 19.1 Å². The molecule has 1 amide bonds. The summed E-state index contributed by atoms with van der Waals surface area (Å²) in [6.45, 7) is 8.32. The van der Waals surface area contributed by atoms with Crippen LogP contribution in [0, 0.1) is 13.8 Å². The molecular weight excluding hydrogens is 426 g/mol. The number of esters is 1. The fraction of sp³-hybridized carbons (Fsp3) is 0.280. The van der Waals surface area contributed by atoms with Crippen LogP contribution in [0.3, 0.4) is 0 Å². The predicted octanol–water partition coefficient (Wildman–Crippen LogP) is 5.62. The molecule has 3 aromatic rings. The number of anilines is 1. The molecule has 0 aliphatic carbocycles. The second kappa shape index (κ2) is 10.8. The zero-order valence-corrected chi connectivity index (χ0v) is 19.5. The number of aryl methyl sites for hydroxylation is 2. The first-order valence-corrected chi connectivity index (χ1v) is 11.3. The summed E-state index contributed by atoms with van der Waals surface area (Å²) < 4.78 is 16.3. The molecule has 168 valence electrons. The number of ether oxygens (including phenoxy) is 3. The van der Waals surface area contributed by atoms with Crippen LogP contribution in [0.5, 0.6) is 11.5 Å². The molecule has 0 bridgehead atoms. The molecule has 0 radical (unpaired) electrons. The number of carbonyl (C=O) groups excluding carboxylic acids is 2. The summed E-state index contributed by atoms with van der Waals surface area (Å²) in [5.41, 5.74) is 4.11. The van der Waals surface area contributed by atoms with Gasteiger partial charge in [0, 0.05) is 10.9 Å². The van der Waals surface area contributed by atoms with E-state index in [2.05, 4.69) is 5.32 Å². The second-order valence-electron chi connectivity index (χ2n) is 7.11. The lowest BCUT2D eigenvalue weighted by atomic mass is 10.0. The van der Waals surface area contributed by atoms with Gasteiger partial charge < -0.3 is 19.5 Å². The lowest BCUT2D eigenvalue weighted by Gasteiger charge is -2.11. The zero-order chi connectivity index (χ0) is 23.1. The Morgan fingerprint density at radius 1 is 0.906 bits per heavy atom. The minimum absolute atomic E-state index is 0.166. The van der Waals surface area contributed by atoms with Gasteiger partial charge in [-0.15, -0.1) is 11.3 Å². The van der Waals surface area contributed by atoms with Crippen LogP contribution in [0.1, 0.15) is 35.3 Å². The maximum absolute atomic E-state index is 12.7. The van der Waals surface area contributed by atoms with Crippen LogP contribution in [-0.4, -0.2) is 31.7 Å². The highest BCUT2D eigenvalue weighted by Crippen LogP contribution is 2.37. The fourth-order valence-corrected chi connectivity index (χ4v) is 4.05. The smallest absolute Gasteiger partial charge is 0.341 e. The van der Waals surface area contributed by atoms with Crippen molar-refractivity contribution in [1.82, 2.24) is 0 Å². The summed E-state index contributed by atoms with van der Waals surface area (Å²) in [4.78, 5) is 25.2. The number of nitrogens with one attached hydrogen (secondary N) is 1. The van der Waals surface area contributed by atoms with Gasteiger partial charge in [0.25, 0.3) is 5.91 Å². The third-order valence-corrected chi connectivity index (χ3v) is 5.74. The van der Waals surface area contributed by atoms with Crippen LogP contribution in [0.15, 0.2) is 47.8 Å². The highest BCUT2D eigenvalue weighted by molar-refractivity contribution is 7.15. The summed E-state index contributed by atoms with van der Waals surface area (Å²) in [7, 11) is 0. The lowest BCUT2D eigenvalue weighted by molar-refractivity contribution is -0.118. The van der Waals surface area contributed by atoms with Crippen LogP contribution in [0.4, 0.5) is 5.00 Å². The molecule has 1 N–H and O–H groups in total. The van der Waals surface area contributed by atoms with Crippen molar-refractivity contribution in [3.8, 4) is 22.6 Å². The van der Waals surface area contributed by atoms with Crippen LogP contribution in [0.2, 0.25) is 0 Å². The van der Waals surface area contributed by atoms with E-state index in [1.165, 1.54) is 11.3 Å². The molecule has 32 heavy (non-hydrogen) atoms. The number of amides is 1. The summed E-state index contributed by atoms with van der Waals surface area (Å²) >= 11 is 1.27. The SMILES string of the molecule is CCOC(=O)c1c(-c2ccc(OCC)cc2)csc1NC(=O)COc1ccc(C)c(C)c1. The maximum Gasteiger partial charge on any atom is 0.341 e. The molecule has 1 heterocycles. The lowest BCUT2D eigenvalue weighted by Crippen LogP contribution is -2.21. The van der Waals surface area contributed by atoms with Crippen LogP contribution >= 0.6 is 11.3 Å². The van der Waals surface area contributed by atoms with Crippen molar-refractivity contribution in [3.63, 3.8) is 0 Å². The molecule has 0 aliphatic heterocycles. The highest BCUT2D eigenvalue weighted by atomic mass is 32.1. The van der Waals surface area contributed by atoms with Crippen molar-refractivity contribution >= 4 is 28.2 Å². The van der Waals surface area contributed by atoms with Gasteiger partial charge in [-0.1, -0.05) is 18.2 Å². The minimum atomic E-state index is -0.483. The van der Waals surface area contributed by atoms with Crippen molar-refractivity contribution in [2.24, 2.45) is 0 Å². The third kappa shape index (κ3) is 5.68. The van der Waals surface area contributed by atoms with E-state index in [0.29, 0.717) is 28.5 Å². The predicted molar refractivity (Wildman–Crippen MR) is 127 cm³/mol. The van der Waals surface area contributed by atoms with Gasteiger partial charge in [-0.05, 0) is 68.7 Å². The molecule has 0 aliphatic rings. The molecule has 0 fully saturated rings. The van der Waals surface area contributed by atoms with Gasteiger partial charge >= 0.3 is 5.97 Å². The molecule has 6 nitrogen and oxygen atoms in total. The molecule has 0 atom stereocenters. The Bertz CT molecular complexity index is 1090. The Morgan fingerprint density at radius 3 is 2.28 bits per heavy atom. The van der Waals surface area contributed by atoms with Gasteiger partial charge in [-0.2, -0.15) is 0 Å². The summed E-state index contributed by atoms with van der Waals surface area (Å²) in [5, 5.41) is 5.06. The maximum atomic E-state index is 12.7. The molecule has 0 saturated carbocycles.